The molecule has 0 aromatic heterocycles. The third kappa shape index (κ3) is 10.8. The third-order valence-electron chi connectivity index (χ3n) is 14.9. The number of anilines is 4. The van der Waals surface area contributed by atoms with Gasteiger partial charge in [-0.25, -0.2) is 30.8 Å². The van der Waals surface area contributed by atoms with Gasteiger partial charge >= 0.3 is 18.3 Å². The number of fused-ring (bicyclic) bond motifs is 6. The number of halogens is 9. The number of carboxylic acid groups (broad SMARTS) is 1. The summed E-state index contributed by atoms with van der Waals surface area (Å²) in [6.07, 6.45) is -8.81. The first kappa shape index (κ1) is 57.9. The summed E-state index contributed by atoms with van der Waals surface area (Å²) < 4.78 is 207. The molecular formula is C54H45ClF8N8O8S3. The molecule has 430 valence electrons. The molecule has 0 spiro atoms. The molecule has 3 atom stereocenters. The highest BCUT2D eigenvalue weighted by molar-refractivity contribution is 7.93. The Balaban J connectivity index is 1.08. The molecule has 0 bridgehead atoms. The van der Waals surface area contributed by atoms with Gasteiger partial charge in [0.05, 0.1) is 98.1 Å². The van der Waals surface area contributed by atoms with Crippen molar-refractivity contribution in [2.45, 2.75) is 47.2 Å². The first-order valence-corrected chi connectivity index (χ1v) is 29.5. The molecule has 0 aliphatic carbocycles. The van der Waals surface area contributed by atoms with E-state index < -0.39 is 138 Å². The lowest BCUT2D eigenvalue weighted by Gasteiger charge is -2.52. The van der Waals surface area contributed by atoms with Gasteiger partial charge in [0.2, 0.25) is 0 Å². The van der Waals surface area contributed by atoms with Crippen molar-refractivity contribution >= 4 is 82.2 Å². The Morgan fingerprint density at radius 1 is 0.707 bits per heavy atom. The van der Waals surface area contributed by atoms with Gasteiger partial charge in [-0.3, -0.25) is 18.3 Å². The maximum atomic E-state index is 15.8. The Labute approximate surface area is 470 Å². The molecule has 4 heterocycles. The highest BCUT2D eigenvalue weighted by Gasteiger charge is 2.48. The fourth-order valence-corrected chi connectivity index (χ4v) is 15.3. The van der Waals surface area contributed by atoms with Crippen LogP contribution >= 0.6 is 11.6 Å². The highest BCUT2D eigenvalue weighted by atomic mass is 35.5. The molecule has 0 radical (unpaired) electrons. The second kappa shape index (κ2) is 21.1. The second-order valence-electron chi connectivity index (χ2n) is 19.9. The van der Waals surface area contributed by atoms with E-state index in [0.717, 1.165) is 48.1 Å². The maximum absolute atomic E-state index is 15.8. The number of carboxylic acids is 1. The third-order valence-corrected chi connectivity index (χ3v) is 19.8. The normalized spacial score (nSPS) is 19.2. The van der Waals surface area contributed by atoms with Crippen LogP contribution in [0.1, 0.15) is 46.3 Å². The SMILES string of the molecule is C/C(=C\c1ccc2c(c1)N(S(=O)(=O)c1ccc(C3CN4c5ccc(-c6cc(C#N)ccc6F)cc5N(S(=O)(=O)c5cccc(C(F)(F)F)c5)C[C@@H]4CN3CC(=O)O)c(C(F)(F)F)c1)C[C@@H]1CN(S(N)(=O)=O)CCN21)c1c(F)cccc1Cl. The average molecular weight is 1220 g/mol. The van der Waals surface area contributed by atoms with Gasteiger partial charge in [0.15, 0.2) is 0 Å². The van der Waals surface area contributed by atoms with Crippen molar-refractivity contribution in [1.29, 1.82) is 5.26 Å². The summed E-state index contributed by atoms with van der Waals surface area (Å²) in [6.45, 7) is -1.89. The highest BCUT2D eigenvalue weighted by Crippen LogP contribution is 2.48. The summed E-state index contributed by atoms with van der Waals surface area (Å²) in [5.74, 6) is -3.02. The first-order chi connectivity index (χ1) is 38.4. The zero-order valence-electron chi connectivity index (χ0n) is 42.6. The van der Waals surface area contributed by atoms with Crippen molar-refractivity contribution in [3.05, 3.63) is 165 Å². The molecule has 2 fully saturated rings. The number of nitrogens with two attached hydrogens (primary N) is 1. The summed E-state index contributed by atoms with van der Waals surface area (Å²) in [6, 6.07) is 19.2. The Hall–Kier alpha value is -7.32. The van der Waals surface area contributed by atoms with Crippen molar-refractivity contribution in [2.75, 3.05) is 70.8 Å². The summed E-state index contributed by atoms with van der Waals surface area (Å²) in [4.78, 5) is 15.3. The molecule has 0 amide bonds. The Morgan fingerprint density at radius 3 is 2.00 bits per heavy atom. The standard InChI is InChI=1S/C54H45ClF8N8O8S3/c1-31(52-43(55)6-3-7-45(52)57)18-32-9-14-46-48(20-32)70(28-37-26-67(82(65,78)79)16-17-68(37)46)81(76,77)39-11-12-40(42(23-39)54(61,62)63)50-29-69-36(25-66(50)30-51(72)73)27-71(80(74,75)38-5-2-4-35(22-38)53(58,59)60)49-21-34(10-15-47(49)69)41-19-33(24-64)8-13-44(41)56/h2-15,18-23,36-37,50H,16-17,25-30H2,1H3,(H,72,73)(H2,65,78,79)/b31-18+/t36-,37-,50?/m0/s1. The van der Waals surface area contributed by atoms with E-state index in [1.54, 1.807) is 24.0 Å². The van der Waals surface area contributed by atoms with Crippen molar-refractivity contribution in [1.82, 2.24) is 9.21 Å². The quantitative estimate of drug-likeness (QED) is 0.0919. The molecule has 3 N–H and O–H groups in total. The number of nitrogens with zero attached hydrogens (tertiary/aromatic N) is 7. The second-order valence-corrected chi connectivity index (χ2v) is 25.6. The number of hydrogen-bond donors (Lipinski definition) is 2. The number of benzene rings is 6. The molecule has 1 unspecified atom stereocenters. The Bertz CT molecular complexity index is 4020. The minimum Gasteiger partial charge on any atom is -0.480 e. The van der Waals surface area contributed by atoms with Crippen LogP contribution in [0.5, 0.6) is 0 Å². The molecule has 4 aliphatic rings. The molecule has 4 aliphatic heterocycles. The van der Waals surface area contributed by atoms with E-state index in [1.807, 2.05) is 6.07 Å². The molecule has 10 rings (SSSR count). The van der Waals surface area contributed by atoms with Crippen LogP contribution in [0.25, 0.3) is 22.8 Å². The topological polar surface area (TPSA) is 209 Å². The van der Waals surface area contributed by atoms with E-state index in [1.165, 1.54) is 65.6 Å². The van der Waals surface area contributed by atoms with Crippen LogP contribution in [0.2, 0.25) is 5.02 Å². The molecule has 28 heteroatoms. The van der Waals surface area contributed by atoms with E-state index in [9.17, 15) is 45.2 Å². The summed E-state index contributed by atoms with van der Waals surface area (Å²) in [5, 5.41) is 25.4. The van der Waals surface area contributed by atoms with Crippen LogP contribution in [0, 0.1) is 23.0 Å². The van der Waals surface area contributed by atoms with Gasteiger partial charge in [0.25, 0.3) is 30.3 Å². The van der Waals surface area contributed by atoms with Crippen molar-refractivity contribution in [3.8, 4) is 17.2 Å². The van der Waals surface area contributed by atoms with Crippen LogP contribution < -0.4 is 23.5 Å². The summed E-state index contributed by atoms with van der Waals surface area (Å²) >= 11 is 6.35. The molecule has 16 nitrogen and oxygen atoms in total. The smallest absolute Gasteiger partial charge is 0.416 e. The molecule has 82 heavy (non-hydrogen) atoms. The lowest BCUT2D eigenvalue weighted by molar-refractivity contribution is -0.140. The molecule has 6 aromatic carbocycles. The van der Waals surface area contributed by atoms with E-state index in [4.69, 9.17) is 16.7 Å². The fourth-order valence-electron chi connectivity index (χ4n) is 11.1. The Morgan fingerprint density at radius 2 is 1.35 bits per heavy atom. The monoisotopic (exact) mass is 1220 g/mol. The van der Waals surface area contributed by atoms with Crippen molar-refractivity contribution < 1.29 is 70.3 Å². The number of alkyl halides is 6. The fraction of sp³-hybridized carbons (Fsp3) is 0.259. The minimum absolute atomic E-state index is 0.00202. The van der Waals surface area contributed by atoms with Crippen LogP contribution in [0.3, 0.4) is 0 Å². The molecular weight excluding hydrogens is 1170 g/mol. The molecule has 0 saturated carbocycles. The van der Waals surface area contributed by atoms with Crippen LogP contribution in [0.4, 0.5) is 57.9 Å². The number of nitriles is 1. The number of sulfonamides is 2. The number of carbonyl (C=O) groups is 1. The average Bonchev–Trinajstić information content (AvgIpc) is 3.56. The van der Waals surface area contributed by atoms with Crippen molar-refractivity contribution in [2.24, 2.45) is 5.14 Å². The van der Waals surface area contributed by atoms with Gasteiger partial charge < -0.3 is 14.9 Å². The van der Waals surface area contributed by atoms with E-state index in [2.05, 4.69) is 0 Å². The number of rotatable bonds is 11. The number of hydrogen-bond acceptors (Lipinski definition) is 11. The van der Waals surface area contributed by atoms with Crippen molar-refractivity contribution in [3.63, 3.8) is 0 Å². The molecule has 2 saturated heterocycles. The predicted molar refractivity (Wildman–Crippen MR) is 289 cm³/mol. The van der Waals surface area contributed by atoms with Gasteiger partial charge in [-0.15, -0.1) is 0 Å². The van der Waals surface area contributed by atoms with Gasteiger partial charge in [0.1, 0.15) is 11.6 Å². The maximum Gasteiger partial charge on any atom is 0.416 e. The van der Waals surface area contributed by atoms with Gasteiger partial charge in [-0.2, -0.15) is 44.3 Å². The van der Waals surface area contributed by atoms with Crippen LogP contribution in [-0.2, 0) is 47.4 Å². The van der Waals surface area contributed by atoms with Crippen LogP contribution in [0.15, 0.2) is 125 Å². The lowest BCUT2D eigenvalue weighted by atomic mass is 9.92. The van der Waals surface area contributed by atoms with Crippen LogP contribution in [-0.4, -0.2) is 110 Å². The predicted octanol–water partition coefficient (Wildman–Crippen LogP) is 9.18. The zero-order chi connectivity index (χ0) is 59.2. The van der Waals surface area contributed by atoms with Gasteiger partial charge in [0, 0.05) is 43.9 Å². The first-order valence-electron chi connectivity index (χ1n) is 24.8. The minimum atomic E-state index is -5.35. The van der Waals surface area contributed by atoms with E-state index in [0.29, 0.717) is 29.3 Å². The number of aliphatic carboxylic acids is 1. The molecule has 6 aromatic rings. The van der Waals surface area contributed by atoms with Gasteiger partial charge in [-0.05, 0) is 114 Å². The summed E-state index contributed by atoms with van der Waals surface area (Å²) in [5.41, 5.74) is -2.93. The van der Waals surface area contributed by atoms with E-state index >= 15 is 30.4 Å². The zero-order valence-corrected chi connectivity index (χ0v) is 45.8. The number of allylic oxidation sites excluding steroid dienone is 1. The van der Waals surface area contributed by atoms with E-state index in [-0.39, 0.29) is 69.7 Å². The van der Waals surface area contributed by atoms with Gasteiger partial charge in [-0.1, -0.05) is 48.0 Å². The number of piperazine rings is 2. The lowest BCUT2D eigenvalue weighted by Crippen LogP contribution is -2.62. The Kier molecular flexibility index (Phi) is 14.9. The summed E-state index contributed by atoms with van der Waals surface area (Å²) in [7, 11) is -14.4. The largest absolute Gasteiger partial charge is 0.480 e.